The van der Waals surface area contributed by atoms with E-state index in [1.807, 2.05) is 19.1 Å². The lowest BCUT2D eigenvalue weighted by molar-refractivity contribution is 0.102. The quantitative estimate of drug-likeness (QED) is 0.570. The SMILES string of the molecule is Cc1ccc(C(=O)CSc2n[nH]c(-c3ccccc3F)n2)cc1. The van der Waals surface area contributed by atoms with Gasteiger partial charge in [0.05, 0.1) is 11.3 Å². The number of hydrogen-bond donors (Lipinski definition) is 1. The van der Waals surface area contributed by atoms with Gasteiger partial charge in [0.1, 0.15) is 5.82 Å². The van der Waals surface area contributed by atoms with Crippen molar-refractivity contribution in [1.29, 1.82) is 0 Å². The lowest BCUT2D eigenvalue weighted by Gasteiger charge is -1.99. The van der Waals surface area contributed by atoms with Gasteiger partial charge in [0.25, 0.3) is 0 Å². The summed E-state index contributed by atoms with van der Waals surface area (Å²) in [6, 6.07) is 13.8. The molecule has 0 unspecified atom stereocenters. The molecule has 116 valence electrons. The van der Waals surface area contributed by atoms with Gasteiger partial charge < -0.3 is 0 Å². The molecule has 0 radical (unpaired) electrons. The van der Waals surface area contributed by atoms with Crippen LogP contribution in [-0.2, 0) is 0 Å². The van der Waals surface area contributed by atoms with Gasteiger partial charge in [-0.2, -0.15) is 0 Å². The number of aromatic nitrogens is 3. The maximum absolute atomic E-state index is 13.7. The summed E-state index contributed by atoms with van der Waals surface area (Å²) in [6.45, 7) is 1.97. The number of thioether (sulfide) groups is 1. The predicted molar refractivity (Wildman–Crippen MR) is 88.0 cm³/mol. The third-order valence-electron chi connectivity index (χ3n) is 3.30. The van der Waals surface area contributed by atoms with E-state index in [9.17, 15) is 9.18 Å². The molecule has 3 aromatic rings. The van der Waals surface area contributed by atoms with Gasteiger partial charge in [-0.3, -0.25) is 9.89 Å². The van der Waals surface area contributed by atoms with Crippen LogP contribution in [0.1, 0.15) is 15.9 Å². The van der Waals surface area contributed by atoms with Crippen LogP contribution in [0.2, 0.25) is 0 Å². The van der Waals surface area contributed by atoms with Crippen LogP contribution >= 0.6 is 11.8 Å². The van der Waals surface area contributed by atoms with Crippen molar-refractivity contribution in [3.8, 4) is 11.4 Å². The smallest absolute Gasteiger partial charge is 0.209 e. The summed E-state index contributed by atoms with van der Waals surface area (Å²) in [7, 11) is 0. The minimum absolute atomic E-state index is 0.00671. The van der Waals surface area contributed by atoms with Crippen molar-refractivity contribution in [3.63, 3.8) is 0 Å². The summed E-state index contributed by atoms with van der Waals surface area (Å²) in [5.41, 5.74) is 2.13. The molecule has 0 aliphatic carbocycles. The Morgan fingerprint density at radius 2 is 1.91 bits per heavy atom. The molecule has 3 rings (SSSR count). The van der Waals surface area contributed by atoms with E-state index in [-0.39, 0.29) is 17.4 Å². The minimum atomic E-state index is -0.365. The molecular formula is C17H14FN3OS. The normalized spacial score (nSPS) is 10.7. The zero-order chi connectivity index (χ0) is 16.2. The van der Waals surface area contributed by atoms with Crippen molar-refractivity contribution in [3.05, 3.63) is 65.5 Å². The molecule has 1 aromatic heterocycles. The topological polar surface area (TPSA) is 58.6 Å². The molecule has 0 aliphatic heterocycles. The van der Waals surface area contributed by atoms with Crippen LogP contribution in [0.4, 0.5) is 4.39 Å². The molecule has 0 spiro atoms. The van der Waals surface area contributed by atoms with Crippen LogP contribution in [0.3, 0.4) is 0 Å². The number of benzene rings is 2. The monoisotopic (exact) mass is 327 g/mol. The van der Waals surface area contributed by atoms with Crippen molar-refractivity contribution >= 4 is 17.5 Å². The zero-order valence-corrected chi connectivity index (χ0v) is 13.2. The molecule has 0 saturated carbocycles. The number of ketones is 1. The largest absolute Gasteiger partial charge is 0.293 e. The van der Waals surface area contributed by atoms with Gasteiger partial charge in [-0.15, -0.1) is 5.10 Å². The highest BCUT2D eigenvalue weighted by Gasteiger charge is 2.12. The molecule has 1 N–H and O–H groups in total. The van der Waals surface area contributed by atoms with Crippen LogP contribution < -0.4 is 0 Å². The number of H-pyrrole nitrogens is 1. The highest BCUT2D eigenvalue weighted by atomic mass is 32.2. The molecule has 1 heterocycles. The highest BCUT2D eigenvalue weighted by Crippen LogP contribution is 2.22. The highest BCUT2D eigenvalue weighted by molar-refractivity contribution is 7.99. The molecule has 0 saturated heterocycles. The lowest BCUT2D eigenvalue weighted by Crippen LogP contribution is -2.02. The number of carbonyl (C=O) groups is 1. The molecule has 0 bridgehead atoms. The first-order chi connectivity index (χ1) is 11.1. The maximum atomic E-state index is 13.7. The molecule has 0 amide bonds. The first-order valence-corrected chi connectivity index (χ1v) is 8.02. The van der Waals surface area contributed by atoms with Crippen molar-refractivity contribution in [2.24, 2.45) is 0 Å². The van der Waals surface area contributed by atoms with Gasteiger partial charge in [0.15, 0.2) is 11.6 Å². The zero-order valence-electron chi connectivity index (χ0n) is 12.4. The van der Waals surface area contributed by atoms with Crippen LogP contribution in [-0.4, -0.2) is 26.7 Å². The number of carbonyl (C=O) groups excluding carboxylic acids is 1. The van der Waals surface area contributed by atoms with E-state index >= 15 is 0 Å². The Bertz CT molecular complexity index is 830. The van der Waals surface area contributed by atoms with Crippen molar-refractivity contribution in [1.82, 2.24) is 15.2 Å². The molecule has 4 nitrogen and oxygen atoms in total. The Labute approximate surface area is 137 Å². The van der Waals surface area contributed by atoms with E-state index in [1.54, 1.807) is 30.3 Å². The number of rotatable bonds is 5. The number of aromatic amines is 1. The number of Topliss-reactive ketones (excluding diaryl/α,β-unsaturated/α-hetero) is 1. The average Bonchev–Trinajstić information content (AvgIpc) is 3.02. The molecule has 0 fully saturated rings. The maximum Gasteiger partial charge on any atom is 0.209 e. The number of halogens is 1. The second-order valence-electron chi connectivity index (χ2n) is 5.02. The fourth-order valence-electron chi connectivity index (χ4n) is 2.04. The number of nitrogens with zero attached hydrogens (tertiary/aromatic N) is 2. The van der Waals surface area contributed by atoms with E-state index < -0.39 is 0 Å². The Morgan fingerprint density at radius 3 is 2.65 bits per heavy atom. The summed E-state index contributed by atoms with van der Waals surface area (Å²) < 4.78 is 13.7. The Balaban J connectivity index is 1.67. The van der Waals surface area contributed by atoms with Crippen LogP contribution in [0.25, 0.3) is 11.4 Å². The summed E-state index contributed by atoms with van der Waals surface area (Å²) in [5.74, 6) is 0.231. The first-order valence-electron chi connectivity index (χ1n) is 7.03. The van der Waals surface area contributed by atoms with Crippen molar-refractivity contribution in [2.45, 2.75) is 12.1 Å². The van der Waals surface area contributed by atoms with Crippen LogP contribution in [0, 0.1) is 12.7 Å². The molecule has 23 heavy (non-hydrogen) atoms. The fourth-order valence-corrected chi connectivity index (χ4v) is 2.73. The van der Waals surface area contributed by atoms with E-state index in [1.165, 1.54) is 17.8 Å². The molecule has 6 heteroatoms. The minimum Gasteiger partial charge on any atom is -0.293 e. The Morgan fingerprint density at radius 1 is 1.17 bits per heavy atom. The second-order valence-corrected chi connectivity index (χ2v) is 5.97. The standard InChI is InChI=1S/C17H14FN3OS/c1-11-6-8-12(9-7-11)15(22)10-23-17-19-16(20-21-17)13-4-2-3-5-14(13)18/h2-9H,10H2,1H3,(H,19,20,21). The lowest BCUT2D eigenvalue weighted by atomic mass is 10.1. The number of hydrogen-bond acceptors (Lipinski definition) is 4. The second kappa shape index (κ2) is 6.75. The number of aryl methyl sites for hydroxylation is 1. The van der Waals surface area contributed by atoms with Crippen molar-refractivity contribution in [2.75, 3.05) is 5.75 Å². The van der Waals surface area contributed by atoms with E-state index in [2.05, 4.69) is 15.2 Å². The van der Waals surface area contributed by atoms with Crippen LogP contribution in [0.5, 0.6) is 0 Å². The molecule has 2 aromatic carbocycles. The number of nitrogens with one attached hydrogen (secondary N) is 1. The van der Waals surface area contributed by atoms with Gasteiger partial charge in [-0.05, 0) is 19.1 Å². The van der Waals surface area contributed by atoms with Crippen LogP contribution in [0.15, 0.2) is 53.7 Å². The van der Waals surface area contributed by atoms with Gasteiger partial charge in [-0.25, -0.2) is 9.37 Å². The predicted octanol–water partition coefficient (Wildman–Crippen LogP) is 3.89. The van der Waals surface area contributed by atoms with E-state index in [4.69, 9.17) is 0 Å². The summed E-state index contributed by atoms with van der Waals surface area (Å²) >= 11 is 1.22. The summed E-state index contributed by atoms with van der Waals surface area (Å²) in [6.07, 6.45) is 0. The molecular weight excluding hydrogens is 313 g/mol. The fraction of sp³-hybridized carbons (Fsp3) is 0.118. The van der Waals surface area contributed by atoms with Gasteiger partial charge in [0, 0.05) is 5.56 Å². The third kappa shape index (κ3) is 3.65. The van der Waals surface area contributed by atoms with Crippen molar-refractivity contribution < 1.29 is 9.18 Å². The Kier molecular flexibility index (Phi) is 4.52. The van der Waals surface area contributed by atoms with Gasteiger partial charge in [-0.1, -0.05) is 53.7 Å². The third-order valence-corrected chi connectivity index (χ3v) is 4.15. The summed E-state index contributed by atoms with van der Waals surface area (Å²) in [4.78, 5) is 16.3. The van der Waals surface area contributed by atoms with Gasteiger partial charge in [0.2, 0.25) is 5.16 Å². The molecule has 0 aliphatic rings. The van der Waals surface area contributed by atoms with E-state index in [0.29, 0.717) is 22.1 Å². The first kappa shape index (κ1) is 15.4. The average molecular weight is 327 g/mol. The summed E-state index contributed by atoms with van der Waals surface area (Å²) in [5, 5.41) is 7.14. The molecule has 0 atom stereocenters. The Hall–Kier alpha value is -2.47. The van der Waals surface area contributed by atoms with Gasteiger partial charge >= 0.3 is 0 Å². The van der Waals surface area contributed by atoms with E-state index in [0.717, 1.165) is 5.56 Å².